The Morgan fingerprint density at radius 2 is 1.76 bits per heavy atom. The third-order valence-electron chi connectivity index (χ3n) is 1.98. The SMILES string of the molecule is CC(NC(=O)CCC(=O)NCCCO)C(=O)O. The highest BCUT2D eigenvalue weighted by Gasteiger charge is 2.14. The average molecular weight is 246 g/mol. The number of rotatable bonds is 8. The first kappa shape index (κ1) is 15.4. The summed E-state index contributed by atoms with van der Waals surface area (Å²) in [5.41, 5.74) is 0. The molecule has 0 bridgehead atoms. The Hall–Kier alpha value is -1.63. The number of carboxylic acid groups (broad SMARTS) is 1. The van der Waals surface area contributed by atoms with Gasteiger partial charge in [-0.15, -0.1) is 0 Å². The maximum Gasteiger partial charge on any atom is 0.325 e. The molecule has 7 nitrogen and oxygen atoms in total. The molecule has 0 spiro atoms. The molecule has 2 amide bonds. The van der Waals surface area contributed by atoms with Gasteiger partial charge in [-0.1, -0.05) is 0 Å². The maximum atomic E-state index is 11.2. The van der Waals surface area contributed by atoms with Crippen molar-refractivity contribution < 1.29 is 24.6 Å². The molecule has 1 unspecified atom stereocenters. The molecule has 0 aliphatic carbocycles. The van der Waals surface area contributed by atoms with Gasteiger partial charge in [0.2, 0.25) is 11.8 Å². The molecule has 98 valence electrons. The van der Waals surface area contributed by atoms with Gasteiger partial charge in [-0.2, -0.15) is 0 Å². The smallest absolute Gasteiger partial charge is 0.325 e. The van der Waals surface area contributed by atoms with Gasteiger partial charge in [0.05, 0.1) is 0 Å². The first-order chi connectivity index (χ1) is 7.97. The molecule has 0 saturated heterocycles. The van der Waals surface area contributed by atoms with E-state index in [0.29, 0.717) is 13.0 Å². The van der Waals surface area contributed by atoms with E-state index < -0.39 is 17.9 Å². The normalized spacial score (nSPS) is 11.6. The van der Waals surface area contributed by atoms with Crippen molar-refractivity contribution in [2.75, 3.05) is 13.2 Å². The van der Waals surface area contributed by atoms with Crippen LogP contribution in [-0.2, 0) is 14.4 Å². The van der Waals surface area contributed by atoms with Gasteiger partial charge in [-0.05, 0) is 13.3 Å². The van der Waals surface area contributed by atoms with Crippen LogP contribution < -0.4 is 10.6 Å². The summed E-state index contributed by atoms with van der Waals surface area (Å²) in [5.74, 6) is -1.89. The Bertz CT molecular complexity index is 280. The molecule has 0 rings (SSSR count). The standard InChI is InChI=1S/C10H18N2O5/c1-7(10(16)17)12-9(15)4-3-8(14)11-5-2-6-13/h7,13H,2-6H2,1H3,(H,11,14)(H,12,15)(H,16,17). The van der Waals surface area contributed by atoms with Crippen LogP contribution in [0.25, 0.3) is 0 Å². The van der Waals surface area contributed by atoms with Crippen LogP contribution >= 0.6 is 0 Å². The predicted molar refractivity (Wildman–Crippen MR) is 59.2 cm³/mol. The van der Waals surface area contributed by atoms with Crippen molar-refractivity contribution >= 4 is 17.8 Å². The summed E-state index contributed by atoms with van der Waals surface area (Å²) in [4.78, 5) is 32.8. The Balaban J connectivity index is 3.69. The second kappa shape index (κ2) is 8.51. The third kappa shape index (κ3) is 8.21. The highest BCUT2D eigenvalue weighted by Crippen LogP contribution is 1.91. The largest absolute Gasteiger partial charge is 0.480 e. The highest BCUT2D eigenvalue weighted by molar-refractivity contribution is 5.86. The van der Waals surface area contributed by atoms with E-state index in [-0.39, 0.29) is 25.4 Å². The van der Waals surface area contributed by atoms with Crippen LogP contribution in [-0.4, -0.2) is 47.2 Å². The Morgan fingerprint density at radius 1 is 1.18 bits per heavy atom. The number of amides is 2. The van der Waals surface area contributed by atoms with Gasteiger partial charge in [0.25, 0.3) is 0 Å². The Kier molecular flexibility index (Phi) is 7.70. The molecule has 0 aliphatic rings. The third-order valence-corrected chi connectivity index (χ3v) is 1.98. The van der Waals surface area contributed by atoms with Gasteiger partial charge >= 0.3 is 5.97 Å². The van der Waals surface area contributed by atoms with Gasteiger partial charge < -0.3 is 20.8 Å². The lowest BCUT2D eigenvalue weighted by atomic mass is 10.2. The fraction of sp³-hybridized carbons (Fsp3) is 0.700. The molecule has 17 heavy (non-hydrogen) atoms. The van der Waals surface area contributed by atoms with Crippen molar-refractivity contribution in [1.82, 2.24) is 10.6 Å². The summed E-state index contributed by atoms with van der Waals surface area (Å²) in [7, 11) is 0. The van der Waals surface area contributed by atoms with Crippen LogP contribution in [0.15, 0.2) is 0 Å². The van der Waals surface area contributed by atoms with E-state index >= 15 is 0 Å². The van der Waals surface area contributed by atoms with Crippen molar-refractivity contribution in [3.63, 3.8) is 0 Å². The minimum Gasteiger partial charge on any atom is -0.480 e. The number of aliphatic hydroxyl groups excluding tert-OH is 1. The molecule has 0 heterocycles. The zero-order valence-electron chi connectivity index (χ0n) is 9.73. The summed E-state index contributed by atoms with van der Waals surface area (Å²) in [6.07, 6.45) is 0.417. The Labute approximate surface area is 99.2 Å². The van der Waals surface area contributed by atoms with Crippen LogP contribution in [0.1, 0.15) is 26.2 Å². The fourth-order valence-electron chi connectivity index (χ4n) is 0.998. The van der Waals surface area contributed by atoms with Gasteiger partial charge in [0.15, 0.2) is 0 Å². The minimum absolute atomic E-state index is 0.00308. The van der Waals surface area contributed by atoms with Crippen LogP contribution in [0.2, 0.25) is 0 Å². The number of hydrogen-bond acceptors (Lipinski definition) is 4. The Morgan fingerprint density at radius 3 is 2.29 bits per heavy atom. The summed E-state index contributed by atoms with van der Waals surface area (Å²) in [6.45, 7) is 1.71. The lowest BCUT2D eigenvalue weighted by molar-refractivity contribution is -0.141. The summed E-state index contributed by atoms with van der Waals surface area (Å²) < 4.78 is 0. The summed E-state index contributed by atoms with van der Waals surface area (Å²) >= 11 is 0. The first-order valence-electron chi connectivity index (χ1n) is 5.37. The number of aliphatic carboxylic acids is 1. The molecule has 0 radical (unpaired) electrons. The molecule has 7 heteroatoms. The van der Waals surface area contributed by atoms with Crippen LogP contribution in [0, 0.1) is 0 Å². The van der Waals surface area contributed by atoms with E-state index in [9.17, 15) is 14.4 Å². The van der Waals surface area contributed by atoms with E-state index in [4.69, 9.17) is 10.2 Å². The fourth-order valence-corrected chi connectivity index (χ4v) is 0.998. The predicted octanol–water partition coefficient (Wildman–Crippen LogP) is -1.15. The van der Waals surface area contributed by atoms with Crippen molar-refractivity contribution in [3.05, 3.63) is 0 Å². The topological polar surface area (TPSA) is 116 Å². The number of carbonyl (C=O) groups is 3. The van der Waals surface area contributed by atoms with Gasteiger partial charge in [-0.25, -0.2) is 0 Å². The minimum atomic E-state index is -1.12. The molecule has 0 saturated carbocycles. The number of hydrogen-bond donors (Lipinski definition) is 4. The van der Waals surface area contributed by atoms with E-state index in [1.165, 1.54) is 6.92 Å². The number of carboxylic acids is 1. The zero-order chi connectivity index (χ0) is 13.3. The molecular formula is C10H18N2O5. The lowest BCUT2D eigenvalue weighted by Crippen LogP contribution is -2.38. The molecular weight excluding hydrogens is 228 g/mol. The second-order valence-electron chi connectivity index (χ2n) is 3.55. The number of carbonyl (C=O) groups excluding carboxylic acids is 2. The molecule has 4 N–H and O–H groups in total. The van der Waals surface area contributed by atoms with Crippen molar-refractivity contribution in [2.45, 2.75) is 32.2 Å². The van der Waals surface area contributed by atoms with Crippen LogP contribution in [0.5, 0.6) is 0 Å². The van der Waals surface area contributed by atoms with Crippen LogP contribution in [0.4, 0.5) is 0 Å². The van der Waals surface area contributed by atoms with Gasteiger partial charge in [0, 0.05) is 26.0 Å². The molecule has 0 aliphatic heterocycles. The molecule has 0 fully saturated rings. The van der Waals surface area contributed by atoms with Crippen molar-refractivity contribution in [3.8, 4) is 0 Å². The first-order valence-corrected chi connectivity index (χ1v) is 5.37. The van der Waals surface area contributed by atoms with Gasteiger partial charge in [-0.3, -0.25) is 14.4 Å². The summed E-state index contributed by atoms with van der Waals surface area (Å²) in [6, 6.07) is -0.958. The van der Waals surface area contributed by atoms with E-state index in [2.05, 4.69) is 10.6 Å². The molecule has 0 aromatic heterocycles. The highest BCUT2D eigenvalue weighted by atomic mass is 16.4. The molecule has 1 atom stereocenters. The van der Waals surface area contributed by atoms with E-state index in [1.54, 1.807) is 0 Å². The van der Waals surface area contributed by atoms with E-state index in [1.807, 2.05) is 0 Å². The van der Waals surface area contributed by atoms with E-state index in [0.717, 1.165) is 0 Å². The second-order valence-corrected chi connectivity index (χ2v) is 3.55. The van der Waals surface area contributed by atoms with Crippen molar-refractivity contribution in [2.24, 2.45) is 0 Å². The maximum absolute atomic E-state index is 11.2. The van der Waals surface area contributed by atoms with Gasteiger partial charge in [0.1, 0.15) is 6.04 Å². The van der Waals surface area contributed by atoms with Crippen LogP contribution in [0.3, 0.4) is 0 Å². The zero-order valence-corrected chi connectivity index (χ0v) is 9.73. The quantitative estimate of drug-likeness (QED) is 0.404. The molecule has 0 aromatic rings. The molecule has 0 aromatic carbocycles. The average Bonchev–Trinajstić information content (AvgIpc) is 2.26. The number of nitrogens with one attached hydrogen (secondary N) is 2. The summed E-state index contributed by atoms with van der Waals surface area (Å²) in [5, 5.41) is 21.8. The lowest BCUT2D eigenvalue weighted by Gasteiger charge is -2.09. The number of aliphatic hydroxyl groups is 1. The van der Waals surface area contributed by atoms with Crippen molar-refractivity contribution in [1.29, 1.82) is 0 Å². The monoisotopic (exact) mass is 246 g/mol.